The minimum atomic E-state index is -1.70. The lowest BCUT2D eigenvalue weighted by Gasteiger charge is -2.38. The van der Waals surface area contributed by atoms with Crippen LogP contribution in [-0.2, 0) is 4.74 Å². The van der Waals surface area contributed by atoms with Crippen molar-refractivity contribution in [3.63, 3.8) is 0 Å². The topological polar surface area (TPSA) is 170 Å². The molecule has 31 heavy (non-hydrogen) atoms. The van der Waals surface area contributed by atoms with Gasteiger partial charge in [0.25, 0.3) is 0 Å². The summed E-state index contributed by atoms with van der Waals surface area (Å²) in [5.74, 6) is -1.88. The van der Waals surface area contributed by atoms with Crippen molar-refractivity contribution in [1.82, 2.24) is 0 Å². The summed E-state index contributed by atoms with van der Waals surface area (Å²) in [6.07, 6.45) is -7.16. The van der Waals surface area contributed by atoms with Crippen LogP contribution in [0.2, 0.25) is 0 Å². The third kappa shape index (κ3) is 3.55. The molecule has 5 unspecified atom stereocenters. The van der Waals surface area contributed by atoms with Crippen LogP contribution in [0.3, 0.4) is 0 Å². The van der Waals surface area contributed by atoms with Gasteiger partial charge in [-0.3, -0.25) is 4.79 Å². The van der Waals surface area contributed by atoms with Crippen molar-refractivity contribution >= 4 is 11.0 Å². The summed E-state index contributed by atoms with van der Waals surface area (Å²) in [6.45, 7) is 1.45. The lowest BCUT2D eigenvalue weighted by molar-refractivity contribution is -0.268. The normalized spacial score (nSPS) is 26.1. The van der Waals surface area contributed by atoms with Crippen LogP contribution in [0, 0.1) is 0 Å². The van der Waals surface area contributed by atoms with Crippen molar-refractivity contribution in [1.29, 1.82) is 0 Å². The van der Waals surface area contributed by atoms with Gasteiger partial charge in [0.2, 0.25) is 17.5 Å². The Balaban J connectivity index is 1.90. The highest BCUT2D eigenvalue weighted by Gasteiger charge is 2.44. The second kappa shape index (κ2) is 7.75. The Morgan fingerprint density at radius 3 is 2.26 bits per heavy atom. The molecule has 0 radical (unpaired) electrons. The molecule has 1 saturated heterocycles. The lowest BCUT2D eigenvalue weighted by atomic mass is 10.00. The SMILES string of the molecule is CC1OC(Oc2c(-c3ccc(O)cc3)oc3ccc(O)c(O)c3c2=O)C(O)C(O)C1O. The molecule has 4 rings (SSSR count). The van der Waals surface area contributed by atoms with Crippen molar-refractivity contribution in [3.05, 3.63) is 46.6 Å². The van der Waals surface area contributed by atoms with Crippen LogP contribution in [0.25, 0.3) is 22.3 Å². The molecule has 164 valence electrons. The van der Waals surface area contributed by atoms with Crippen LogP contribution in [0.4, 0.5) is 0 Å². The maximum Gasteiger partial charge on any atom is 0.239 e. The average Bonchev–Trinajstić information content (AvgIpc) is 2.75. The third-order valence-electron chi connectivity index (χ3n) is 5.14. The van der Waals surface area contributed by atoms with Gasteiger partial charge in [-0.1, -0.05) is 0 Å². The number of phenols is 3. The van der Waals surface area contributed by atoms with Gasteiger partial charge in [0.1, 0.15) is 35.0 Å². The summed E-state index contributed by atoms with van der Waals surface area (Å²) < 4.78 is 16.8. The Hall–Kier alpha value is -3.31. The van der Waals surface area contributed by atoms with Gasteiger partial charge in [-0.15, -0.1) is 0 Å². The first-order valence-corrected chi connectivity index (χ1v) is 9.36. The van der Waals surface area contributed by atoms with Gasteiger partial charge in [-0.2, -0.15) is 0 Å². The van der Waals surface area contributed by atoms with E-state index < -0.39 is 53.4 Å². The van der Waals surface area contributed by atoms with E-state index in [9.17, 15) is 35.4 Å². The van der Waals surface area contributed by atoms with E-state index >= 15 is 0 Å². The predicted octanol–water partition coefficient (Wildman–Crippen LogP) is 0.783. The minimum absolute atomic E-state index is 0.0334. The second-order valence-corrected chi connectivity index (χ2v) is 7.24. The molecule has 1 aliphatic heterocycles. The minimum Gasteiger partial charge on any atom is -0.508 e. The summed E-state index contributed by atoms with van der Waals surface area (Å²) in [7, 11) is 0. The number of aromatic hydroxyl groups is 3. The van der Waals surface area contributed by atoms with E-state index in [1.807, 2.05) is 0 Å². The molecular weight excluding hydrogens is 412 g/mol. The van der Waals surface area contributed by atoms with Crippen LogP contribution in [0.15, 0.2) is 45.6 Å². The number of hydrogen-bond donors (Lipinski definition) is 6. The smallest absolute Gasteiger partial charge is 0.239 e. The number of fused-ring (bicyclic) bond motifs is 1. The lowest BCUT2D eigenvalue weighted by Crippen LogP contribution is -2.58. The molecule has 3 aromatic rings. The number of aliphatic hydroxyl groups excluding tert-OH is 3. The fraction of sp³-hybridized carbons (Fsp3) is 0.286. The zero-order chi connectivity index (χ0) is 22.4. The molecular formula is C21H20O10. The predicted molar refractivity (Wildman–Crippen MR) is 106 cm³/mol. The molecule has 2 heterocycles. The summed E-state index contributed by atoms with van der Waals surface area (Å²) >= 11 is 0. The van der Waals surface area contributed by atoms with Gasteiger partial charge < -0.3 is 44.5 Å². The summed E-state index contributed by atoms with van der Waals surface area (Å²) in [6, 6.07) is 8.04. The maximum absolute atomic E-state index is 13.2. The Kier molecular flexibility index (Phi) is 5.23. The molecule has 0 bridgehead atoms. The number of benzene rings is 2. The van der Waals surface area contributed by atoms with Crippen molar-refractivity contribution in [3.8, 4) is 34.3 Å². The zero-order valence-corrected chi connectivity index (χ0v) is 16.2. The highest BCUT2D eigenvalue weighted by Crippen LogP contribution is 2.38. The quantitative estimate of drug-likeness (QED) is 0.325. The highest BCUT2D eigenvalue weighted by atomic mass is 16.7. The van der Waals surface area contributed by atoms with E-state index in [2.05, 4.69) is 0 Å². The molecule has 0 saturated carbocycles. The Labute approximate surface area is 174 Å². The molecule has 10 heteroatoms. The first kappa shape index (κ1) is 20.9. The van der Waals surface area contributed by atoms with Crippen LogP contribution in [0.5, 0.6) is 23.0 Å². The average molecular weight is 432 g/mol. The van der Waals surface area contributed by atoms with Crippen LogP contribution < -0.4 is 10.2 Å². The Morgan fingerprint density at radius 1 is 0.903 bits per heavy atom. The second-order valence-electron chi connectivity index (χ2n) is 7.24. The van der Waals surface area contributed by atoms with Crippen molar-refractivity contribution in [2.75, 3.05) is 0 Å². The van der Waals surface area contributed by atoms with E-state index in [-0.39, 0.29) is 22.5 Å². The van der Waals surface area contributed by atoms with E-state index in [0.717, 1.165) is 6.07 Å². The molecule has 2 aromatic carbocycles. The molecule has 6 N–H and O–H groups in total. The first-order valence-electron chi connectivity index (χ1n) is 9.36. The van der Waals surface area contributed by atoms with Gasteiger partial charge in [0, 0.05) is 5.56 Å². The number of ether oxygens (including phenoxy) is 2. The van der Waals surface area contributed by atoms with Crippen molar-refractivity contribution in [2.45, 2.75) is 37.6 Å². The van der Waals surface area contributed by atoms with Crippen LogP contribution in [-0.4, -0.2) is 61.3 Å². The monoisotopic (exact) mass is 432 g/mol. The van der Waals surface area contributed by atoms with Gasteiger partial charge in [-0.05, 0) is 43.3 Å². The maximum atomic E-state index is 13.2. The largest absolute Gasteiger partial charge is 0.508 e. The number of aliphatic hydroxyl groups is 3. The third-order valence-corrected chi connectivity index (χ3v) is 5.14. The fourth-order valence-corrected chi connectivity index (χ4v) is 3.38. The molecule has 0 aliphatic carbocycles. The Bertz CT molecular complexity index is 1170. The summed E-state index contributed by atoms with van der Waals surface area (Å²) in [5.41, 5.74) is -0.607. The van der Waals surface area contributed by atoms with Gasteiger partial charge >= 0.3 is 0 Å². The standard InChI is InChI=1S/C21H20O10/c1-8-14(24)17(27)18(28)21(29-8)31-20-16(26)13-12(7-6-11(23)15(13)25)30-19(20)9-2-4-10(22)5-3-9/h2-8,14,17-18,21-25,27-28H,1H3. The highest BCUT2D eigenvalue weighted by molar-refractivity contribution is 5.89. The van der Waals surface area contributed by atoms with Crippen LogP contribution >= 0.6 is 0 Å². The molecule has 1 aromatic heterocycles. The molecule has 1 fully saturated rings. The van der Waals surface area contributed by atoms with Crippen molar-refractivity contribution in [2.24, 2.45) is 0 Å². The van der Waals surface area contributed by atoms with Crippen molar-refractivity contribution < 1.29 is 44.5 Å². The van der Waals surface area contributed by atoms with E-state index in [1.165, 1.54) is 37.3 Å². The number of phenolic OH excluding ortho intramolecular Hbond substituents is 3. The molecule has 0 spiro atoms. The van der Waals surface area contributed by atoms with Gasteiger partial charge in [0.15, 0.2) is 17.3 Å². The first-order chi connectivity index (χ1) is 14.7. The van der Waals surface area contributed by atoms with Crippen LogP contribution in [0.1, 0.15) is 6.92 Å². The van der Waals surface area contributed by atoms with E-state index in [4.69, 9.17) is 13.9 Å². The van der Waals surface area contributed by atoms with E-state index in [1.54, 1.807) is 0 Å². The molecule has 0 amide bonds. The number of rotatable bonds is 3. The summed E-state index contributed by atoms with van der Waals surface area (Å²) in [4.78, 5) is 13.2. The zero-order valence-electron chi connectivity index (χ0n) is 16.2. The molecule has 10 nitrogen and oxygen atoms in total. The van der Waals surface area contributed by atoms with Gasteiger partial charge in [0.05, 0.1) is 6.10 Å². The number of hydrogen-bond acceptors (Lipinski definition) is 10. The fourth-order valence-electron chi connectivity index (χ4n) is 3.38. The van der Waals surface area contributed by atoms with E-state index in [0.29, 0.717) is 5.56 Å². The Morgan fingerprint density at radius 2 is 1.58 bits per heavy atom. The molecule has 5 atom stereocenters. The summed E-state index contributed by atoms with van der Waals surface area (Å²) in [5, 5.41) is 59.3. The molecule has 1 aliphatic rings. The van der Waals surface area contributed by atoms with Gasteiger partial charge in [-0.25, -0.2) is 0 Å².